The van der Waals surface area contributed by atoms with E-state index in [0.717, 1.165) is 18.9 Å². The summed E-state index contributed by atoms with van der Waals surface area (Å²) in [6.07, 6.45) is 6.72. The lowest BCUT2D eigenvalue weighted by Gasteiger charge is -2.41. The van der Waals surface area contributed by atoms with Crippen LogP contribution in [0.2, 0.25) is 0 Å². The molecule has 2 heterocycles. The number of nitrogen functional groups attached to an aromatic ring is 1. The fraction of sp³-hybridized carbons (Fsp3) is 0.233. The summed E-state index contributed by atoms with van der Waals surface area (Å²) in [5.74, 6) is -1.34. The highest BCUT2D eigenvalue weighted by atomic mass is 32.2. The van der Waals surface area contributed by atoms with E-state index in [1.165, 1.54) is 18.2 Å². The molecule has 2 aliphatic rings. The van der Waals surface area contributed by atoms with Crippen LogP contribution in [0.5, 0.6) is 0 Å². The summed E-state index contributed by atoms with van der Waals surface area (Å²) >= 11 is 0. The van der Waals surface area contributed by atoms with Crippen molar-refractivity contribution < 1.29 is 22.0 Å². The lowest BCUT2D eigenvalue weighted by atomic mass is 10.1. The molecule has 2 unspecified atom stereocenters. The van der Waals surface area contributed by atoms with Gasteiger partial charge in [0, 0.05) is 49.0 Å². The van der Waals surface area contributed by atoms with Crippen molar-refractivity contribution in [2.75, 3.05) is 23.5 Å². The number of amides is 1. The van der Waals surface area contributed by atoms with Crippen LogP contribution in [0.15, 0.2) is 84.3 Å². The maximum absolute atomic E-state index is 13.7. The van der Waals surface area contributed by atoms with Crippen LogP contribution in [-0.2, 0) is 16.6 Å². The molecule has 3 aromatic carbocycles. The third-order valence-electron chi connectivity index (χ3n) is 7.39. The summed E-state index contributed by atoms with van der Waals surface area (Å²) in [5, 5.41) is 0. The van der Waals surface area contributed by atoms with Gasteiger partial charge >= 0.3 is 0 Å². The van der Waals surface area contributed by atoms with E-state index in [4.69, 9.17) is 5.73 Å². The van der Waals surface area contributed by atoms with Gasteiger partial charge in [-0.3, -0.25) is 14.4 Å². The number of sulfonamides is 1. The Morgan fingerprint density at radius 1 is 1.02 bits per heavy atom. The predicted molar refractivity (Wildman–Crippen MR) is 152 cm³/mol. The van der Waals surface area contributed by atoms with Crippen LogP contribution in [0.1, 0.15) is 34.3 Å². The number of nitrogens with zero attached hydrogens (tertiary/aromatic N) is 2. The van der Waals surface area contributed by atoms with Gasteiger partial charge in [-0.25, -0.2) is 17.2 Å². The molecule has 0 aliphatic carbocycles. The molecule has 7 nitrogen and oxygen atoms in total. The molecule has 40 heavy (non-hydrogen) atoms. The van der Waals surface area contributed by atoms with Crippen molar-refractivity contribution in [1.29, 1.82) is 0 Å². The number of para-hydroxylation sites is 1. The first-order chi connectivity index (χ1) is 19.1. The van der Waals surface area contributed by atoms with Crippen LogP contribution in [0, 0.1) is 11.6 Å². The first-order valence-corrected chi connectivity index (χ1v) is 14.4. The minimum atomic E-state index is -3.97. The second kappa shape index (κ2) is 11.2. The van der Waals surface area contributed by atoms with E-state index >= 15 is 0 Å². The molecule has 2 fully saturated rings. The number of nitrogens with two attached hydrogens (primary N) is 1. The Labute approximate surface area is 232 Å². The van der Waals surface area contributed by atoms with E-state index in [0.29, 0.717) is 42.0 Å². The maximum Gasteiger partial charge on any atom is 0.263 e. The third-order valence-corrected chi connectivity index (χ3v) is 8.83. The monoisotopic (exact) mass is 564 g/mol. The number of benzene rings is 3. The standard InChI is InChI=1S/C30H30F2N4O3S/c1-2-3-5-21-6-4-7-28(29(21)33)40(38,39)34-25-10-8-22(9-11-25)30(37)35-18-26-12-13-27(19-35)36(26)17-20-14-23(31)16-24(32)15-20/h2-11,14-16,26-27,34H,1,12-13,17-19,33H2/b5-3-. The fourth-order valence-electron chi connectivity index (χ4n) is 5.51. The molecule has 0 saturated carbocycles. The van der Waals surface area contributed by atoms with Gasteiger partial charge in [-0.15, -0.1) is 0 Å². The first-order valence-electron chi connectivity index (χ1n) is 12.9. The fourth-order valence-corrected chi connectivity index (χ4v) is 6.73. The van der Waals surface area contributed by atoms with Crippen molar-refractivity contribution in [1.82, 2.24) is 9.80 Å². The Kier molecular flexibility index (Phi) is 7.73. The largest absolute Gasteiger partial charge is 0.397 e. The highest BCUT2D eigenvalue weighted by molar-refractivity contribution is 7.92. The molecular weight excluding hydrogens is 534 g/mol. The average molecular weight is 565 g/mol. The molecule has 2 aliphatic heterocycles. The van der Waals surface area contributed by atoms with Crippen molar-refractivity contribution in [2.24, 2.45) is 0 Å². The zero-order chi connectivity index (χ0) is 28.4. The minimum absolute atomic E-state index is 0.0480. The molecule has 2 saturated heterocycles. The number of rotatable bonds is 8. The van der Waals surface area contributed by atoms with Gasteiger partial charge in [0.25, 0.3) is 15.9 Å². The second-order valence-corrected chi connectivity index (χ2v) is 11.7. The van der Waals surface area contributed by atoms with Gasteiger partial charge in [-0.2, -0.15) is 0 Å². The van der Waals surface area contributed by atoms with Gasteiger partial charge in [0.15, 0.2) is 0 Å². The van der Waals surface area contributed by atoms with Gasteiger partial charge in [-0.1, -0.05) is 36.9 Å². The smallest absolute Gasteiger partial charge is 0.263 e. The molecule has 2 bridgehead atoms. The van der Waals surface area contributed by atoms with E-state index in [-0.39, 0.29) is 28.6 Å². The molecule has 3 N–H and O–H groups in total. The van der Waals surface area contributed by atoms with Crippen LogP contribution in [0.4, 0.5) is 20.2 Å². The number of anilines is 2. The highest BCUT2D eigenvalue weighted by Crippen LogP contribution is 2.33. The number of halogens is 2. The molecule has 0 spiro atoms. The van der Waals surface area contributed by atoms with Gasteiger partial charge in [0.1, 0.15) is 16.5 Å². The maximum atomic E-state index is 13.7. The van der Waals surface area contributed by atoms with Gasteiger partial charge in [0.05, 0.1) is 5.69 Å². The summed E-state index contributed by atoms with van der Waals surface area (Å²) in [6.45, 7) is 5.06. The molecule has 1 amide bonds. The van der Waals surface area contributed by atoms with E-state index in [2.05, 4.69) is 16.2 Å². The lowest BCUT2D eigenvalue weighted by molar-refractivity contribution is 0.0423. The second-order valence-electron chi connectivity index (χ2n) is 10.1. The summed E-state index contributed by atoms with van der Waals surface area (Å²) in [7, 11) is -3.97. The number of likely N-dealkylation sites (tertiary alicyclic amines) is 1. The third kappa shape index (κ3) is 5.78. The molecular formula is C30H30F2N4O3S. The van der Waals surface area contributed by atoms with E-state index in [9.17, 15) is 22.0 Å². The molecule has 2 atom stereocenters. The quantitative estimate of drug-likeness (QED) is 0.295. The number of carbonyl (C=O) groups is 1. The average Bonchev–Trinajstić information content (AvgIpc) is 3.13. The van der Waals surface area contributed by atoms with Crippen molar-refractivity contribution in [3.05, 3.63) is 108 Å². The number of nitrogens with one attached hydrogen (secondary N) is 1. The molecule has 0 radical (unpaired) electrons. The highest BCUT2D eigenvalue weighted by Gasteiger charge is 2.41. The lowest BCUT2D eigenvalue weighted by Crippen LogP contribution is -2.54. The van der Waals surface area contributed by atoms with Gasteiger partial charge in [-0.05, 0) is 66.4 Å². The SMILES string of the molecule is C=C/C=C\c1cccc(S(=O)(=O)Nc2ccc(C(=O)N3CC4CCC(C3)N4Cc3cc(F)cc(F)c3)cc2)c1N. The number of allylic oxidation sites excluding steroid dienone is 2. The summed E-state index contributed by atoms with van der Waals surface area (Å²) in [5.41, 5.74) is 8.11. The van der Waals surface area contributed by atoms with Crippen molar-refractivity contribution in [2.45, 2.75) is 36.4 Å². The Morgan fingerprint density at radius 2 is 1.68 bits per heavy atom. The molecule has 0 aromatic heterocycles. The van der Waals surface area contributed by atoms with Crippen LogP contribution in [0.3, 0.4) is 0 Å². The Morgan fingerprint density at radius 3 is 2.30 bits per heavy atom. The van der Waals surface area contributed by atoms with Gasteiger partial charge < -0.3 is 10.6 Å². The van der Waals surface area contributed by atoms with Crippen LogP contribution < -0.4 is 10.5 Å². The molecule has 208 valence electrons. The molecule has 10 heteroatoms. The van der Waals surface area contributed by atoms with E-state index in [1.807, 2.05) is 0 Å². The zero-order valence-corrected chi connectivity index (χ0v) is 22.6. The predicted octanol–water partition coefficient (Wildman–Crippen LogP) is 5.04. The Bertz CT molecular complexity index is 1540. The topological polar surface area (TPSA) is 95.7 Å². The first kappa shape index (κ1) is 27.5. The number of hydrogen-bond acceptors (Lipinski definition) is 5. The van der Waals surface area contributed by atoms with Crippen LogP contribution >= 0.6 is 0 Å². The number of fused-ring (bicyclic) bond motifs is 2. The summed E-state index contributed by atoms with van der Waals surface area (Å²) in [4.78, 5) is 17.3. The Balaban J connectivity index is 1.25. The summed E-state index contributed by atoms with van der Waals surface area (Å²) in [6, 6.07) is 14.8. The summed E-state index contributed by atoms with van der Waals surface area (Å²) < 4.78 is 55.9. The van der Waals surface area contributed by atoms with Crippen LogP contribution in [0.25, 0.3) is 6.08 Å². The van der Waals surface area contributed by atoms with Crippen molar-refractivity contribution in [3.8, 4) is 0 Å². The van der Waals surface area contributed by atoms with Crippen molar-refractivity contribution in [3.63, 3.8) is 0 Å². The normalized spacial score (nSPS) is 19.2. The zero-order valence-electron chi connectivity index (χ0n) is 21.8. The minimum Gasteiger partial charge on any atom is -0.397 e. The number of carbonyl (C=O) groups excluding carboxylic acids is 1. The van der Waals surface area contributed by atoms with Crippen LogP contribution in [-0.4, -0.2) is 49.3 Å². The van der Waals surface area contributed by atoms with Gasteiger partial charge in [0.2, 0.25) is 0 Å². The number of hydrogen-bond donors (Lipinski definition) is 2. The van der Waals surface area contributed by atoms with E-state index < -0.39 is 21.7 Å². The van der Waals surface area contributed by atoms with E-state index in [1.54, 1.807) is 59.5 Å². The number of piperazine rings is 1. The van der Waals surface area contributed by atoms with Crippen molar-refractivity contribution >= 4 is 33.4 Å². The molecule has 5 rings (SSSR count). The Hall–Kier alpha value is -4.02. The molecule has 3 aromatic rings.